The molecule has 2 aromatic rings. The van der Waals surface area contributed by atoms with E-state index in [0.717, 1.165) is 5.56 Å². The molecule has 0 spiro atoms. The molecule has 4 rings (SSSR count). The molecule has 2 unspecified atom stereocenters. The summed E-state index contributed by atoms with van der Waals surface area (Å²) in [4.78, 5) is 12.0. The molecule has 2 fully saturated rings. The molecule has 2 atom stereocenters. The van der Waals surface area contributed by atoms with Crippen LogP contribution in [0.4, 0.5) is 4.39 Å². The summed E-state index contributed by atoms with van der Waals surface area (Å²) < 4.78 is 48.6. The quantitative estimate of drug-likeness (QED) is 0.727. The van der Waals surface area contributed by atoms with Crippen molar-refractivity contribution in [2.75, 3.05) is 13.2 Å². The fourth-order valence-electron chi connectivity index (χ4n) is 4.84. The number of carbonyl (C=O) groups is 1. The van der Waals surface area contributed by atoms with E-state index in [9.17, 15) is 18.3 Å². The Balaban J connectivity index is 1.62. The topological polar surface area (TPSA) is 83.9 Å². The van der Waals surface area contributed by atoms with Crippen molar-refractivity contribution < 1.29 is 27.4 Å². The molecular weight excluding hydrogens is 433 g/mol. The van der Waals surface area contributed by atoms with Gasteiger partial charge in [-0.1, -0.05) is 42.5 Å². The van der Waals surface area contributed by atoms with Crippen LogP contribution >= 0.6 is 0 Å². The van der Waals surface area contributed by atoms with Gasteiger partial charge in [-0.3, -0.25) is 4.79 Å². The molecule has 0 aromatic heterocycles. The van der Waals surface area contributed by atoms with Crippen molar-refractivity contribution in [3.8, 4) is 0 Å². The van der Waals surface area contributed by atoms with E-state index < -0.39 is 32.5 Å². The first-order valence-corrected chi connectivity index (χ1v) is 12.4. The number of nitrogens with zero attached hydrogens (tertiary/aromatic N) is 1. The molecule has 2 heterocycles. The number of ether oxygens (including phenoxy) is 1. The highest BCUT2D eigenvalue weighted by atomic mass is 32.2. The van der Waals surface area contributed by atoms with Crippen LogP contribution in [0.2, 0.25) is 0 Å². The molecule has 2 aliphatic heterocycles. The Morgan fingerprint density at radius 2 is 1.84 bits per heavy atom. The van der Waals surface area contributed by atoms with Crippen molar-refractivity contribution in [3.63, 3.8) is 0 Å². The second-order valence-corrected chi connectivity index (χ2v) is 10.8. The molecular formula is C24H28FNO5S. The Kier molecular flexibility index (Phi) is 6.38. The van der Waals surface area contributed by atoms with Crippen molar-refractivity contribution in [1.82, 2.24) is 4.31 Å². The third kappa shape index (κ3) is 4.07. The van der Waals surface area contributed by atoms with E-state index in [2.05, 4.69) is 0 Å². The van der Waals surface area contributed by atoms with Gasteiger partial charge in [0.05, 0.1) is 5.41 Å². The summed E-state index contributed by atoms with van der Waals surface area (Å²) in [5.74, 6) is -1.58. The van der Waals surface area contributed by atoms with E-state index in [4.69, 9.17) is 4.74 Å². The Morgan fingerprint density at radius 1 is 1.16 bits per heavy atom. The lowest BCUT2D eigenvalue weighted by Gasteiger charge is -2.38. The van der Waals surface area contributed by atoms with Gasteiger partial charge in [-0.15, -0.1) is 0 Å². The molecule has 0 bridgehead atoms. The van der Waals surface area contributed by atoms with E-state index in [1.54, 1.807) is 6.07 Å². The maximum absolute atomic E-state index is 15.1. The molecule has 0 radical (unpaired) electrons. The highest BCUT2D eigenvalue weighted by Gasteiger charge is 2.43. The van der Waals surface area contributed by atoms with Crippen LogP contribution < -0.4 is 0 Å². The summed E-state index contributed by atoms with van der Waals surface area (Å²) in [6.45, 7) is 2.37. The Morgan fingerprint density at radius 3 is 2.47 bits per heavy atom. The van der Waals surface area contributed by atoms with Crippen LogP contribution in [0.5, 0.6) is 0 Å². The van der Waals surface area contributed by atoms with Crippen LogP contribution in [0.25, 0.3) is 0 Å². The first-order valence-electron chi connectivity index (χ1n) is 10.9. The zero-order valence-electron chi connectivity index (χ0n) is 18.0. The average molecular weight is 462 g/mol. The maximum Gasteiger partial charge on any atom is 0.314 e. The normalized spacial score (nSPS) is 25.3. The molecule has 32 heavy (non-hydrogen) atoms. The zero-order valence-corrected chi connectivity index (χ0v) is 18.9. The number of carboxylic acids is 1. The minimum atomic E-state index is -3.68. The van der Waals surface area contributed by atoms with Crippen LogP contribution in [-0.2, 0) is 31.5 Å². The molecule has 2 aliphatic rings. The monoisotopic (exact) mass is 461 g/mol. The number of sulfonamides is 1. The molecule has 0 amide bonds. The molecule has 8 heteroatoms. The van der Waals surface area contributed by atoms with Gasteiger partial charge in [-0.05, 0) is 49.8 Å². The lowest BCUT2D eigenvalue weighted by molar-refractivity contribution is -0.147. The number of aliphatic carboxylic acids is 1. The summed E-state index contributed by atoms with van der Waals surface area (Å²) in [6.07, 6.45) is 1.75. The Bertz CT molecular complexity index is 1080. The van der Waals surface area contributed by atoms with Crippen LogP contribution in [0, 0.1) is 5.82 Å². The van der Waals surface area contributed by atoms with E-state index in [1.807, 2.05) is 37.3 Å². The summed E-state index contributed by atoms with van der Waals surface area (Å²) in [6, 6.07) is 13.3. The lowest BCUT2D eigenvalue weighted by Crippen LogP contribution is -2.45. The fourth-order valence-corrected chi connectivity index (χ4v) is 7.03. The van der Waals surface area contributed by atoms with Gasteiger partial charge >= 0.3 is 5.97 Å². The van der Waals surface area contributed by atoms with Crippen LogP contribution in [0.3, 0.4) is 0 Å². The third-order valence-electron chi connectivity index (χ3n) is 6.88. The first-order chi connectivity index (χ1) is 15.3. The smallest absolute Gasteiger partial charge is 0.314 e. The molecule has 2 aromatic carbocycles. The second kappa shape index (κ2) is 8.92. The first kappa shape index (κ1) is 22.9. The lowest BCUT2D eigenvalue weighted by atomic mass is 9.74. The van der Waals surface area contributed by atoms with E-state index >= 15 is 4.39 Å². The zero-order chi connectivity index (χ0) is 22.9. The number of hydrogen-bond acceptors (Lipinski definition) is 4. The van der Waals surface area contributed by atoms with Crippen molar-refractivity contribution in [2.24, 2.45) is 0 Å². The fraction of sp³-hybridized carbons (Fsp3) is 0.458. The van der Waals surface area contributed by atoms with E-state index in [1.165, 1.54) is 16.4 Å². The molecule has 172 valence electrons. The number of carboxylic acid groups (broad SMARTS) is 1. The van der Waals surface area contributed by atoms with Gasteiger partial charge in [0.2, 0.25) is 10.0 Å². The highest BCUT2D eigenvalue weighted by Crippen LogP contribution is 2.39. The SMILES string of the molecule is CC1CCC(c2ccccc2)S(=O)(=O)N1Cc1ccc(C2(C(=O)O)CCOCC2)cc1F. The molecule has 0 saturated carbocycles. The predicted molar refractivity (Wildman–Crippen MR) is 118 cm³/mol. The molecule has 6 nitrogen and oxygen atoms in total. The van der Waals surface area contributed by atoms with Gasteiger partial charge in [0.15, 0.2) is 0 Å². The molecule has 0 aliphatic carbocycles. The van der Waals surface area contributed by atoms with Crippen molar-refractivity contribution in [2.45, 2.75) is 55.9 Å². The molecule has 2 saturated heterocycles. The van der Waals surface area contributed by atoms with Gasteiger partial charge in [0.25, 0.3) is 0 Å². The Labute approximate surface area is 188 Å². The number of halogens is 1. The highest BCUT2D eigenvalue weighted by molar-refractivity contribution is 7.89. The Hall–Kier alpha value is -2.29. The van der Waals surface area contributed by atoms with Gasteiger partial charge < -0.3 is 9.84 Å². The predicted octanol–water partition coefficient (Wildman–Crippen LogP) is 4.01. The van der Waals surface area contributed by atoms with E-state index in [-0.39, 0.29) is 31.0 Å². The number of hydrogen-bond donors (Lipinski definition) is 1. The number of rotatable bonds is 5. The van der Waals surface area contributed by atoms with Crippen LogP contribution in [-0.4, -0.2) is 43.1 Å². The van der Waals surface area contributed by atoms with Crippen molar-refractivity contribution in [1.29, 1.82) is 0 Å². The minimum absolute atomic E-state index is 0.0812. The number of benzene rings is 2. The van der Waals surface area contributed by atoms with Gasteiger partial charge in [0.1, 0.15) is 11.1 Å². The van der Waals surface area contributed by atoms with Gasteiger partial charge in [0, 0.05) is 31.4 Å². The minimum Gasteiger partial charge on any atom is -0.481 e. The third-order valence-corrected chi connectivity index (χ3v) is 9.25. The summed E-state index contributed by atoms with van der Waals surface area (Å²) in [5, 5.41) is 9.19. The van der Waals surface area contributed by atoms with Crippen molar-refractivity contribution in [3.05, 3.63) is 71.0 Å². The maximum atomic E-state index is 15.1. The second-order valence-electron chi connectivity index (χ2n) is 8.72. The van der Waals surface area contributed by atoms with E-state index in [0.29, 0.717) is 31.6 Å². The van der Waals surface area contributed by atoms with Gasteiger partial charge in [-0.25, -0.2) is 12.8 Å². The largest absolute Gasteiger partial charge is 0.481 e. The summed E-state index contributed by atoms with van der Waals surface area (Å²) >= 11 is 0. The van der Waals surface area contributed by atoms with Crippen LogP contribution in [0.1, 0.15) is 54.5 Å². The average Bonchev–Trinajstić information content (AvgIpc) is 2.78. The van der Waals surface area contributed by atoms with Gasteiger partial charge in [-0.2, -0.15) is 4.31 Å². The standard InChI is InChI=1S/C24H28FNO5S/c1-17-7-10-22(18-5-3-2-4-6-18)32(29,30)26(17)16-19-8-9-20(15-21(19)25)24(23(27)28)11-13-31-14-12-24/h2-6,8-9,15,17,22H,7,10-14,16H2,1H3,(H,27,28). The summed E-state index contributed by atoms with van der Waals surface area (Å²) in [7, 11) is -3.68. The summed E-state index contributed by atoms with van der Waals surface area (Å²) in [5.41, 5.74) is 0.195. The van der Waals surface area contributed by atoms with Crippen molar-refractivity contribution >= 4 is 16.0 Å². The van der Waals surface area contributed by atoms with Crippen LogP contribution in [0.15, 0.2) is 48.5 Å². The molecule has 1 N–H and O–H groups in total.